The lowest BCUT2D eigenvalue weighted by Gasteiger charge is -2.34. The standard InChI is InChI=1S/C12H26N2O/c1-4-6-11(13-3)9-14-7-8-15-12(5-2)10-14/h11-13H,4-10H2,1-3H3. The van der Waals surface area contributed by atoms with Gasteiger partial charge in [0.15, 0.2) is 0 Å². The monoisotopic (exact) mass is 214 g/mol. The van der Waals surface area contributed by atoms with E-state index in [4.69, 9.17) is 4.74 Å². The molecule has 90 valence electrons. The number of morpholine rings is 1. The molecule has 3 heteroatoms. The van der Waals surface area contributed by atoms with Crippen LogP contribution in [0.3, 0.4) is 0 Å². The second-order valence-corrected chi connectivity index (χ2v) is 4.43. The average Bonchev–Trinajstić information content (AvgIpc) is 2.29. The second-order valence-electron chi connectivity index (χ2n) is 4.43. The average molecular weight is 214 g/mol. The Labute approximate surface area is 94.2 Å². The van der Waals surface area contributed by atoms with Gasteiger partial charge in [-0.2, -0.15) is 0 Å². The van der Waals surface area contributed by atoms with Crippen molar-refractivity contribution in [3.63, 3.8) is 0 Å². The van der Waals surface area contributed by atoms with Gasteiger partial charge in [-0.3, -0.25) is 4.90 Å². The molecule has 0 bridgehead atoms. The molecule has 1 fully saturated rings. The Kier molecular flexibility index (Phi) is 6.22. The topological polar surface area (TPSA) is 24.5 Å². The van der Waals surface area contributed by atoms with Crippen LogP contribution in [-0.2, 0) is 4.74 Å². The third kappa shape index (κ3) is 4.49. The largest absolute Gasteiger partial charge is 0.376 e. The molecule has 3 nitrogen and oxygen atoms in total. The van der Waals surface area contributed by atoms with Crippen LogP contribution in [0.4, 0.5) is 0 Å². The number of ether oxygens (including phenoxy) is 1. The molecule has 1 saturated heterocycles. The fourth-order valence-electron chi connectivity index (χ4n) is 2.18. The Morgan fingerprint density at radius 2 is 2.27 bits per heavy atom. The van der Waals surface area contributed by atoms with Crippen LogP contribution in [0.2, 0.25) is 0 Å². The van der Waals surface area contributed by atoms with Crippen molar-refractivity contribution in [3.8, 4) is 0 Å². The number of nitrogens with one attached hydrogen (secondary N) is 1. The van der Waals surface area contributed by atoms with Gasteiger partial charge in [-0.15, -0.1) is 0 Å². The van der Waals surface area contributed by atoms with Crippen LogP contribution >= 0.6 is 0 Å². The van der Waals surface area contributed by atoms with Crippen molar-refractivity contribution in [2.75, 3.05) is 33.3 Å². The highest BCUT2D eigenvalue weighted by Gasteiger charge is 2.20. The Balaban J connectivity index is 2.29. The summed E-state index contributed by atoms with van der Waals surface area (Å²) in [6.07, 6.45) is 4.12. The van der Waals surface area contributed by atoms with Gasteiger partial charge in [-0.25, -0.2) is 0 Å². The quantitative estimate of drug-likeness (QED) is 0.725. The van der Waals surface area contributed by atoms with Crippen LogP contribution in [0.5, 0.6) is 0 Å². The first-order chi connectivity index (χ1) is 7.30. The fraction of sp³-hybridized carbons (Fsp3) is 1.00. The highest BCUT2D eigenvalue weighted by Crippen LogP contribution is 2.09. The van der Waals surface area contributed by atoms with E-state index < -0.39 is 0 Å². The van der Waals surface area contributed by atoms with Gasteiger partial charge in [-0.1, -0.05) is 20.3 Å². The lowest BCUT2D eigenvalue weighted by molar-refractivity contribution is -0.0321. The summed E-state index contributed by atoms with van der Waals surface area (Å²) in [5.74, 6) is 0. The molecule has 0 aromatic rings. The van der Waals surface area contributed by atoms with Crippen molar-refractivity contribution in [3.05, 3.63) is 0 Å². The molecule has 0 aliphatic carbocycles. The summed E-state index contributed by atoms with van der Waals surface area (Å²) in [5, 5.41) is 3.40. The zero-order valence-electron chi connectivity index (χ0n) is 10.5. The maximum atomic E-state index is 5.67. The minimum absolute atomic E-state index is 0.456. The molecule has 0 amide bonds. The van der Waals surface area contributed by atoms with E-state index in [1.54, 1.807) is 0 Å². The van der Waals surface area contributed by atoms with Crippen molar-refractivity contribution < 1.29 is 4.74 Å². The van der Waals surface area contributed by atoms with Gasteiger partial charge in [0.1, 0.15) is 0 Å². The molecule has 0 aromatic heterocycles. The molecule has 2 unspecified atom stereocenters. The molecule has 0 saturated carbocycles. The number of hydrogen-bond acceptors (Lipinski definition) is 3. The minimum atomic E-state index is 0.456. The van der Waals surface area contributed by atoms with Gasteiger partial charge in [0.25, 0.3) is 0 Å². The van der Waals surface area contributed by atoms with Gasteiger partial charge >= 0.3 is 0 Å². The van der Waals surface area contributed by atoms with E-state index in [2.05, 4.69) is 31.1 Å². The highest BCUT2D eigenvalue weighted by molar-refractivity contribution is 4.75. The van der Waals surface area contributed by atoms with E-state index in [0.717, 1.165) is 26.1 Å². The van der Waals surface area contributed by atoms with Crippen molar-refractivity contribution >= 4 is 0 Å². The summed E-state index contributed by atoms with van der Waals surface area (Å²) in [4.78, 5) is 2.54. The molecule has 0 aromatic carbocycles. The Bertz CT molecular complexity index is 164. The maximum Gasteiger partial charge on any atom is 0.0700 e. The SMILES string of the molecule is CCCC(CN1CCOC(CC)C1)NC. The first kappa shape index (κ1) is 12.9. The van der Waals surface area contributed by atoms with Crippen LogP contribution in [-0.4, -0.2) is 50.3 Å². The summed E-state index contributed by atoms with van der Waals surface area (Å²) < 4.78 is 5.67. The number of nitrogens with zero attached hydrogens (tertiary/aromatic N) is 1. The third-order valence-electron chi connectivity index (χ3n) is 3.20. The molecule has 15 heavy (non-hydrogen) atoms. The number of rotatable bonds is 6. The van der Waals surface area contributed by atoms with Gasteiger partial charge in [0, 0.05) is 25.7 Å². The normalized spacial score (nSPS) is 25.4. The molecule has 1 N–H and O–H groups in total. The van der Waals surface area contributed by atoms with E-state index in [9.17, 15) is 0 Å². The predicted octanol–water partition coefficient (Wildman–Crippen LogP) is 1.49. The summed E-state index contributed by atoms with van der Waals surface area (Å²) in [5.41, 5.74) is 0. The summed E-state index contributed by atoms with van der Waals surface area (Å²) >= 11 is 0. The molecule has 1 aliphatic rings. The summed E-state index contributed by atoms with van der Waals surface area (Å²) in [6, 6.07) is 0.644. The molecule has 0 radical (unpaired) electrons. The molecule has 1 rings (SSSR count). The Morgan fingerprint density at radius 1 is 1.47 bits per heavy atom. The molecular weight excluding hydrogens is 188 g/mol. The van der Waals surface area contributed by atoms with Crippen molar-refractivity contribution in [1.29, 1.82) is 0 Å². The van der Waals surface area contributed by atoms with Crippen molar-refractivity contribution in [1.82, 2.24) is 10.2 Å². The molecule has 1 heterocycles. The first-order valence-electron chi connectivity index (χ1n) is 6.31. The smallest absolute Gasteiger partial charge is 0.0700 e. The van der Waals surface area contributed by atoms with Gasteiger partial charge < -0.3 is 10.1 Å². The van der Waals surface area contributed by atoms with E-state index in [0.29, 0.717) is 12.1 Å². The Morgan fingerprint density at radius 3 is 2.87 bits per heavy atom. The molecular formula is C12H26N2O. The van der Waals surface area contributed by atoms with Crippen LogP contribution in [0.1, 0.15) is 33.1 Å². The van der Waals surface area contributed by atoms with Gasteiger partial charge in [0.05, 0.1) is 12.7 Å². The van der Waals surface area contributed by atoms with Crippen LogP contribution in [0.15, 0.2) is 0 Å². The van der Waals surface area contributed by atoms with Crippen LogP contribution < -0.4 is 5.32 Å². The van der Waals surface area contributed by atoms with E-state index in [-0.39, 0.29) is 0 Å². The van der Waals surface area contributed by atoms with E-state index in [1.165, 1.54) is 19.4 Å². The zero-order chi connectivity index (χ0) is 11.1. The Hall–Kier alpha value is -0.120. The lowest BCUT2D eigenvalue weighted by Crippen LogP contribution is -2.47. The number of likely N-dealkylation sites (N-methyl/N-ethyl adjacent to an activating group) is 1. The summed E-state index contributed by atoms with van der Waals surface area (Å²) in [7, 11) is 2.07. The molecule has 0 spiro atoms. The highest BCUT2D eigenvalue weighted by atomic mass is 16.5. The lowest BCUT2D eigenvalue weighted by atomic mass is 10.1. The minimum Gasteiger partial charge on any atom is -0.376 e. The van der Waals surface area contributed by atoms with Crippen molar-refractivity contribution in [2.45, 2.75) is 45.3 Å². The van der Waals surface area contributed by atoms with E-state index in [1.807, 2.05) is 0 Å². The molecule has 2 atom stereocenters. The zero-order valence-corrected chi connectivity index (χ0v) is 10.5. The second kappa shape index (κ2) is 7.20. The number of hydrogen-bond donors (Lipinski definition) is 1. The van der Waals surface area contributed by atoms with Gasteiger partial charge in [0.2, 0.25) is 0 Å². The predicted molar refractivity (Wildman–Crippen MR) is 64.2 cm³/mol. The van der Waals surface area contributed by atoms with Gasteiger partial charge in [-0.05, 0) is 19.9 Å². The summed E-state index contributed by atoms with van der Waals surface area (Å²) in [6.45, 7) is 8.73. The molecule has 1 aliphatic heterocycles. The first-order valence-corrected chi connectivity index (χ1v) is 6.31. The van der Waals surface area contributed by atoms with Crippen LogP contribution in [0, 0.1) is 0 Å². The third-order valence-corrected chi connectivity index (χ3v) is 3.20. The fourth-order valence-corrected chi connectivity index (χ4v) is 2.18. The van der Waals surface area contributed by atoms with E-state index >= 15 is 0 Å². The van der Waals surface area contributed by atoms with Crippen molar-refractivity contribution in [2.24, 2.45) is 0 Å². The van der Waals surface area contributed by atoms with Crippen LogP contribution in [0.25, 0.3) is 0 Å². The maximum absolute atomic E-state index is 5.67.